The third kappa shape index (κ3) is 2.85. The van der Waals surface area contributed by atoms with Gasteiger partial charge < -0.3 is 10.5 Å². The first kappa shape index (κ1) is 12.1. The van der Waals surface area contributed by atoms with Crippen molar-refractivity contribution in [3.63, 3.8) is 0 Å². The molecule has 0 bridgehead atoms. The fourth-order valence-corrected chi connectivity index (χ4v) is 1.51. The smallest absolute Gasteiger partial charge is 0.150 e. The predicted octanol–water partition coefficient (Wildman–Crippen LogP) is 2.80. The molecule has 0 fully saturated rings. The SMILES string of the molecule is Nc1cc(C=O)ccc1OCc1ccc(F)cc1. The van der Waals surface area contributed by atoms with Gasteiger partial charge in [-0.3, -0.25) is 4.79 Å². The molecule has 0 spiro atoms. The number of nitrogen functional groups attached to an aromatic ring is 1. The summed E-state index contributed by atoms with van der Waals surface area (Å²) in [5, 5.41) is 0. The molecule has 0 aliphatic carbocycles. The number of rotatable bonds is 4. The molecule has 0 saturated carbocycles. The first-order chi connectivity index (χ1) is 8.69. The molecule has 0 atom stereocenters. The van der Waals surface area contributed by atoms with Gasteiger partial charge in [-0.1, -0.05) is 12.1 Å². The second-order valence-electron chi connectivity index (χ2n) is 3.83. The van der Waals surface area contributed by atoms with E-state index < -0.39 is 0 Å². The van der Waals surface area contributed by atoms with Gasteiger partial charge in [0.15, 0.2) is 0 Å². The summed E-state index contributed by atoms with van der Waals surface area (Å²) in [6.45, 7) is 0.297. The van der Waals surface area contributed by atoms with Crippen LogP contribution in [0.4, 0.5) is 10.1 Å². The minimum Gasteiger partial charge on any atom is -0.487 e. The van der Waals surface area contributed by atoms with E-state index in [2.05, 4.69) is 0 Å². The summed E-state index contributed by atoms with van der Waals surface area (Å²) in [5.41, 5.74) is 7.49. The zero-order valence-electron chi connectivity index (χ0n) is 9.60. The largest absolute Gasteiger partial charge is 0.487 e. The number of nitrogens with two attached hydrogens (primary N) is 1. The summed E-state index contributed by atoms with van der Waals surface area (Å²) in [7, 11) is 0. The Morgan fingerprint density at radius 2 is 1.89 bits per heavy atom. The molecule has 18 heavy (non-hydrogen) atoms. The normalized spacial score (nSPS) is 10.1. The molecule has 0 amide bonds. The predicted molar refractivity (Wildman–Crippen MR) is 67.0 cm³/mol. The van der Waals surface area contributed by atoms with Gasteiger partial charge in [0, 0.05) is 5.56 Å². The van der Waals surface area contributed by atoms with Gasteiger partial charge in [-0.2, -0.15) is 0 Å². The zero-order valence-corrected chi connectivity index (χ0v) is 9.60. The minimum atomic E-state index is -0.284. The van der Waals surface area contributed by atoms with Crippen LogP contribution in [0.25, 0.3) is 0 Å². The van der Waals surface area contributed by atoms with Gasteiger partial charge in [0.25, 0.3) is 0 Å². The lowest BCUT2D eigenvalue weighted by Crippen LogP contribution is -1.99. The van der Waals surface area contributed by atoms with Crippen molar-refractivity contribution in [2.24, 2.45) is 0 Å². The van der Waals surface area contributed by atoms with Crippen LogP contribution in [0.3, 0.4) is 0 Å². The molecule has 2 aromatic rings. The quantitative estimate of drug-likeness (QED) is 0.665. The van der Waals surface area contributed by atoms with Crippen molar-refractivity contribution in [3.05, 3.63) is 59.4 Å². The van der Waals surface area contributed by atoms with Crippen LogP contribution in [-0.2, 0) is 6.61 Å². The number of carbonyl (C=O) groups is 1. The summed E-state index contributed by atoms with van der Waals surface area (Å²) >= 11 is 0. The summed E-state index contributed by atoms with van der Waals surface area (Å²) in [5.74, 6) is 0.221. The van der Waals surface area contributed by atoms with Crippen LogP contribution >= 0.6 is 0 Å². The van der Waals surface area contributed by atoms with Crippen molar-refractivity contribution in [2.45, 2.75) is 6.61 Å². The molecule has 2 aromatic carbocycles. The lowest BCUT2D eigenvalue weighted by atomic mass is 10.2. The highest BCUT2D eigenvalue weighted by molar-refractivity contribution is 5.78. The van der Waals surface area contributed by atoms with Crippen LogP contribution < -0.4 is 10.5 Å². The van der Waals surface area contributed by atoms with Gasteiger partial charge in [-0.25, -0.2) is 4.39 Å². The highest BCUT2D eigenvalue weighted by Gasteiger charge is 2.02. The Hall–Kier alpha value is -2.36. The molecular weight excluding hydrogens is 233 g/mol. The number of carbonyl (C=O) groups excluding carboxylic acids is 1. The third-order valence-corrected chi connectivity index (χ3v) is 2.48. The lowest BCUT2D eigenvalue weighted by molar-refractivity contribution is 0.112. The Labute approximate surface area is 104 Å². The Balaban J connectivity index is 2.06. The Morgan fingerprint density at radius 3 is 2.50 bits per heavy atom. The maximum absolute atomic E-state index is 12.7. The van der Waals surface area contributed by atoms with E-state index in [1.165, 1.54) is 12.1 Å². The van der Waals surface area contributed by atoms with E-state index >= 15 is 0 Å². The molecule has 2 rings (SSSR count). The Kier molecular flexibility index (Phi) is 3.57. The number of hydrogen-bond acceptors (Lipinski definition) is 3. The highest BCUT2D eigenvalue weighted by Crippen LogP contribution is 2.23. The van der Waals surface area contributed by atoms with Crippen LogP contribution in [0.2, 0.25) is 0 Å². The number of aldehydes is 1. The topological polar surface area (TPSA) is 52.3 Å². The molecule has 0 unspecified atom stereocenters. The number of hydrogen-bond donors (Lipinski definition) is 1. The number of halogens is 1. The van der Waals surface area contributed by atoms with Crippen molar-refractivity contribution in [2.75, 3.05) is 5.73 Å². The summed E-state index contributed by atoms with van der Waals surface area (Å²) in [6.07, 6.45) is 0.722. The van der Waals surface area contributed by atoms with E-state index in [-0.39, 0.29) is 5.82 Å². The van der Waals surface area contributed by atoms with Crippen LogP contribution in [0, 0.1) is 5.82 Å². The number of anilines is 1. The van der Waals surface area contributed by atoms with Gasteiger partial charge in [0.2, 0.25) is 0 Å². The maximum atomic E-state index is 12.7. The fraction of sp³-hybridized carbons (Fsp3) is 0.0714. The first-order valence-electron chi connectivity index (χ1n) is 5.41. The molecular formula is C14H12FNO2. The average Bonchev–Trinajstić information content (AvgIpc) is 2.39. The van der Waals surface area contributed by atoms with Crippen molar-refractivity contribution in [3.8, 4) is 5.75 Å². The Bertz CT molecular complexity index is 552. The molecule has 3 nitrogen and oxygen atoms in total. The summed E-state index contributed by atoms with van der Waals surface area (Å²) in [4.78, 5) is 10.5. The maximum Gasteiger partial charge on any atom is 0.150 e. The van der Waals surface area contributed by atoms with Gasteiger partial charge in [-0.15, -0.1) is 0 Å². The van der Waals surface area contributed by atoms with Crippen molar-refractivity contribution >= 4 is 12.0 Å². The molecule has 0 aliphatic heterocycles. The molecule has 2 N–H and O–H groups in total. The van der Waals surface area contributed by atoms with Crippen LogP contribution in [0.5, 0.6) is 5.75 Å². The van der Waals surface area contributed by atoms with Gasteiger partial charge in [0.05, 0.1) is 5.69 Å². The second kappa shape index (κ2) is 5.31. The first-order valence-corrected chi connectivity index (χ1v) is 5.41. The van der Waals surface area contributed by atoms with Crippen LogP contribution in [-0.4, -0.2) is 6.29 Å². The van der Waals surface area contributed by atoms with Crippen molar-refractivity contribution in [1.82, 2.24) is 0 Å². The fourth-order valence-electron chi connectivity index (χ4n) is 1.51. The molecule has 0 aromatic heterocycles. The monoisotopic (exact) mass is 245 g/mol. The van der Waals surface area contributed by atoms with E-state index in [4.69, 9.17) is 10.5 Å². The number of ether oxygens (including phenoxy) is 1. The summed E-state index contributed by atoms with van der Waals surface area (Å²) < 4.78 is 18.2. The lowest BCUT2D eigenvalue weighted by Gasteiger charge is -2.09. The van der Waals surface area contributed by atoms with Crippen molar-refractivity contribution in [1.29, 1.82) is 0 Å². The second-order valence-corrected chi connectivity index (χ2v) is 3.83. The average molecular weight is 245 g/mol. The molecule has 92 valence electrons. The van der Waals surface area contributed by atoms with Gasteiger partial charge in [0.1, 0.15) is 24.5 Å². The molecule has 4 heteroatoms. The molecule has 0 saturated heterocycles. The van der Waals surface area contributed by atoms with E-state index in [0.29, 0.717) is 23.6 Å². The zero-order chi connectivity index (χ0) is 13.0. The van der Waals surface area contributed by atoms with Gasteiger partial charge >= 0.3 is 0 Å². The van der Waals surface area contributed by atoms with Crippen LogP contribution in [0.1, 0.15) is 15.9 Å². The molecule has 0 radical (unpaired) electrons. The number of benzene rings is 2. The van der Waals surface area contributed by atoms with E-state index in [1.54, 1.807) is 30.3 Å². The van der Waals surface area contributed by atoms with Crippen molar-refractivity contribution < 1.29 is 13.9 Å². The minimum absolute atomic E-state index is 0.284. The van der Waals surface area contributed by atoms with Gasteiger partial charge in [-0.05, 0) is 35.9 Å². The van der Waals surface area contributed by atoms with E-state index in [0.717, 1.165) is 11.8 Å². The third-order valence-electron chi connectivity index (χ3n) is 2.48. The van der Waals surface area contributed by atoms with E-state index in [1.807, 2.05) is 0 Å². The van der Waals surface area contributed by atoms with E-state index in [9.17, 15) is 9.18 Å². The molecule has 0 aliphatic rings. The Morgan fingerprint density at radius 1 is 1.17 bits per heavy atom. The van der Waals surface area contributed by atoms with Crippen LogP contribution in [0.15, 0.2) is 42.5 Å². The molecule has 0 heterocycles. The summed E-state index contributed by atoms with van der Waals surface area (Å²) in [6, 6.07) is 10.9. The highest BCUT2D eigenvalue weighted by atomic mass is 19.1. The standard InChI is InChI=1S/C14H12FNO2/c15-12-4-1-10(2-5-12)9-18-14-6-3-11(8-17)7-13(14)16/h1-8H,9,16H2.